The Morgan fingerprint density at radius 1 is 1.00 bits per heavy atom. The number of hydrogen-bond donors (Lipinski definition) is 1. The van der Waals surface area contributed by atoms with Gasteiger partial charge < -0.3 is 24.2 Å². The summed E-state index contributed by atoms with van der Waals surface area (Å²) in [6, 6.07) is 15.6. The molecule has 1 N–H and O–H groups in total. The number of benzene rings is 2. The molecule has 3 aromatic rings. The Morgan fingerprint density at radius 2 is 1.70 bits per heavy atom. The first-order chi connectivity index (χ1) is 17.7. The number of ether oxygens (including phenoxy) is 3. The van der Waals surface area contributed by atoms with Crippen LogP contribution in [0.4, 0.5) is 0 Å². The smallest absolute Gasteiger partial charge is 0.295 e. The van der Waals surface area contributed by atoms with Gasteiger partial charge in [0.25, 0.3) is 11.7 Å². The van der Waals surface area contributed by atoms with Crippen molar-refractivity contribution in [1.29, 1.82) is 0 Å². The lowest BCUT2D eigenvalue weighted by Gasteiger charge is -2.25. The third-order valence-electron chi connectivity index (χ3n) is 6.33. The molecule has 37 heavy (non-hydrogen) atoms. The molecule has 0 bridgehead atoms. The first-order valence-corrected chi connectivity index (χ1v) is 12.8. The van der Waals surface area contributed by atoms with Crippen molar-refractivity contribution < 1.29 is 28.9 Å². The van der Waals surface area contributed by atoms with E-state index in [1.54, 1.807) is 37.4 Å². The summed E-state index contributed by atoms with van der Waals surface area (Å²) in [7, 11) is 3.10. The first kappa shape index (κ1) is 26.3. The molecule has 1 fully saturated rings. The van der Waals surface area contributed by atoms with E-state index in [4.69, 9.17) is 14.2 Å². The Bertz CT molecular complexity index is 1310. The van der Waals surface area contributed by atoms with Crippen LogP contribution in [0, 0.1) is 0 Å². The second-order valence-corrected chi connectivity index (χ2v) is 10.7. The van der Waals surface area contributed by atoms with Gasteiger partial charge >= 0.3 is 0 Å². The Morgan fingerprint density at radius 3 is 2.30 bits per heavy atom. The lowest BCUT2D eigenvalue weighted by molar-refractivity contribution is -0.140. The van der Waals surface area contributed by atoms with Crippen molar-refractivity contribution in [3.05, 3.63) is 81.6 Å². The minimum absolute atomic E-state index is 0.0428. The Kier molecular flexibility index (Phi) is 7.59. The van der Waals surface area contributed by atoms with Gasteiger partial charge in [0.15, 0.2) is 0 Å². The Hall–Kier alpha value is -3.78. The van der Waals surface area contributed by atoms with Gasteiger partial charge in [-0.1, -0.05) is 32.9 Å². The van der Waals surface area contributed by atoms with Crippen molar-refractivity contribution in [3.8, 4) is 17.2 Å². The molecule has 0 radical (unpaired) electrons. The minimum atomic E-state index is -0.734. The summed E-state index contributed by atoms with van der Waals surface area (Å²) < 4.78 is 16.5. The van der Waals surface area contributed by atoms with E-state index in [0.717, 1.165) is 10.4 Å². The molecule has 1 amide bonds. The number of carbonyl (C=O) groups is 2. The van der Waals surface area contributed by atoms with Crippen molar-refractivity contribution in [2.75, 3.05) is 27.4 Å². The third kappa shape index (κ3) is 5.34. The van der Waals surface area contributed by atoms with Gasteiger partial charge in [-0.3, -0.25) is 9.59 Å². The number of ketones is 1. The molecule has 1 aliphatic heterocycles. The van der Waals surface area contributed by atoms with Crippen LogP contribution in [0.15, 0.2) is 65.6 Å². The molecular weight excluding hydrogens is 490 g/mol. The molecule has 4 rings (SSSR count). The number of aliphatic hydroxyl groups is 1. The summed E-state index contributed by atoms with van der Waals surface area (Å²) in [6.45, 7) is 6.52. The molecule has 1 atom stereocenters. The van der Waals surface area contributed by atoms with E-state index in [1.165, 1.54) is 23.3 Å². The summed E-state index contributed by atoms with van der Waals surface area (Å²) >= 11 is 1.42. The number of thiophene rings is 1. The molecular formula is C29H31NO6S. The van der Waals surface area contributed by atoms with E-state index < -0.39 is 17.7 Å². The molecule has 2 heterocycles. The van der Waals surface area contributed by atoms with Crippen molar-refractivity contribution in [1.82, 2.24) is 4.90 Å². The van der Waals surface area contributed by atoms with Gasteiger partial charge in [0.1, 0.15) is 29.6 Å². The van der Waals surface area contributed by atoms with Gasteiger partial charge in [-0.15, -0.1) is 11.3 Å². The molecule has 1 aromatic heterocycles. The number of aliphatic hydroxyl groups excluding tert-OH is 1. The molecule has 8 heteroatoms. The number of nitrogens with zero attached hydrogens (tertiary/aromatic N) is 1. The molecule has 1 unspecified atom stereocenters. The van der Waals surface area contributed by atoms with Crippen LogP contribution >= 0.6 is 11.3 Å². The highest BCUT2D eigenvalue weighted by atomic mass is 32.1. The normalized spacial score (nSPS) is 17.2. The first-order valence-electron chi connectivity index (χ1n) is 11.9. The van der Waals surface area contributed by atoms with Crippen molar-refractivity contribution in [2.45, 2.75) is 32.2 Å². The van der Waals surface area contributed by atoms with Crippen LogP contribution < -0.4 is 14.2 Å². The number of likely N-dealkylation sites (tertiary alicyclic amines) is 1. The molecule has 7 nitrogen and oxygen atoms in total. The van der Waals surface area contributed by atoms with Crippen LogP contribution in [-0.2, 0) is 15.0 Å². The van der Waals surface area contributed by atoms with Crippen LogP contribution in [0.3, 0.4) is 0 Å². The maximum Gasteiger partial charge on any atom is 0.295 e. The van der Waals surface area contributed by atoms with Crippen molar-refractivity contribution in [3.63, 3.8) is 0 Å². The highest BCUT2D eigenvalue weighted by Crippen LogP contribution is 2.43. The number of hydrogen-bond acceptors (Lipinski definition) is 7. The van der Waals surface area contributed by atoms with E-state index in [2.05, 4.69) is 20.8 Å². The van der Waals surface area contributed by atoms with Gasteiger partial charge in [-0.25, -0.2) is 0 Å². The Balaban J connectivity index is 1.71. The highest BCUT2D eigenvalue weighted by molar-refractivity contribution is 7.10. The van der Waals surface area contributed by atoms with Gasteiger partial charge in [-0.2, -0.15) is 0 Å². The number of Topliss-reactive ketones (excluding diaryl/α,β-unsaturated/α-hetero) is 1. The summed E-state index contributed by atoms with van der Waals surface area (Å²) in [4.78, 5) is 28.8. The van der Waals surface area contributed by atoms with Crippen molar-refractivity contribution >= 4 is 28.8 Å². The quantitative estimate of drug-likeness (QED) is 0.237. The lowest BCUT2D eigenvalue weighted by atomic mass is 9.85. The number of methoxy groups -OCH3 is 2. The van der Waals surface area contributed by atoms with Gasteiger partial charge in [-0.05, 0) is 58.8 Å². The average molecular weight is 522 g/mol. The van der Waals surface area contributed by atoms with E-state index >= 15 is 0 Å². The summed E-state index contributed by atoms with van der Waals surface area (Å²) in [5.74, 6) is 0.0888. The summed E-state index contributed by atoms with van der Waals surface area (Å²) in [5, 5.41) is 13.4. The summed E-state index contributed by atoms with van der Waals surface area (Å²) in [6.07, 6.45) is 0. The van der Waals surface area contributed by atoms with Crippen LogP contribution in [-0.4, -0.2) is 49.1 Å². The van der Waals surface area contributed by atoms with Crippen LogP contribution in [0.2, 0.25) is 0 Å². The van der Waals surface area contributed by atoms with E-state index in [9.17, 15) is 14.7 Å². The SMILES string of the molecule is COc1ccc(OCCN2C(=O)C(=O)/C(=C(/O)c3cc(C(C)(C)C)ccc3OC)C2c2cccs2)cc1. The van der Waals surface area contributed by atoms with Gasteiger partial charge in [0.2, 0.25) is 0 Å². The largest absolute Gasteiger partial charge is 0.507 e. The average Bonchev–Trinajstić information content (AvgIpc) is 3.50. The van der Waals surface area contributed by atoms with Crippen molar-refractivity contribution in [2.24, 2.45) is 0 Å². The molecule has 0 saturated carbocycles. The topological polar surface area (TPSA) is 85.3 Å². The van der Waals surface area contributed by atoms with Crippen LogP contribution in [0.25, 0.3) is 5.76 Å². The lowest BCUT2D eigenvalue weighted by Crippen LogP contribution is -2.33. The maximum absolute atomic E-state index is 13.3. The van der Waals surface area contributed by atoms with E-state index in [0.29, 0.717) is 22.8 Å². The van der Waals surface area contributed by atoms with E-state index in [-0.39, 0.29) is 29.9 Å². The fourth-order valence-corrected chi connectivity index (χ4v) is 5.14. The molecule has 1 aliphatic rings. The standard InChI is InChI=1S/C29H31NO6S/c1-29(2,3)18-8-13-22(35-5)21(17-18)26(31)24-25(23-7-6-16-37-23)30(28(33)27(24)32)14-15-36-20-11-9-19(34-4)10-12-20/h6-13,16-17,25,31H,14-15H2,1-5H3/b26-24+. The highest BCUT2D eigenvalue weighted by Gasteiger charge is 2.46. The van der Waals surface area contributed by atoms with Crippen LogP contribution in [0.1, 0.15) is 42.8 Å². The zero-order chi connectivity index (χ0) is 26.7. The molecule has 0 aliphatic carbocycles. The summed E-state index contributed by atoms with van der Waals surface area (Å²) in [5.41, 5.74) is 1.19. The predicted octanol–water partition coefficient (Wildman–Crippen LogP) is 5.56. The monoisotopic (exact) mass is 521 g/mol. The molecule has 1 saturated heterocycles. The van der Waals surface area contributed by atoms with E-state index in [1.807, 2.05) is 29.6 Å². The number of carbonyl (C=O) groups excluding carboxylic acids is 2. The van der Waals surface area contributed by atoms with Gasteiger partial charge in [0.05, 0.1) is 37.9 Å². The second-order valence-electron chi connectivity index (χ2n) is 9.70. The van der Waals surface area contributed by atoms with Crippen LogP contribution in [0.5, 0.6) is 17.2 Å². The fourth-order valence-electron chi connectivity index (χ4n) is 4.29. The predicted molar refractivity (Wildman–Crippen MR) is 144 cm³/mol. The fraction of sp³-hybridized carbons (Fsp3) is 0.310. The zero-order valence-electron chi connectivity index (χ0n) is 21.6. The second kappa shape index (κ2) is 10.7. The number of rotatable bonds is 8. The minimum Gasteiger partial charge on any atom is -0.507 e. The van der Waals surface area contributed by atoms with Gasteiger partial charge in [0, 0.05) is 4.88 Å². The maximum atomic E-state index is 13.3. The molecule has 0 spiro atoms. The third-order valence-corrected chi connectivity index (χ3v) is 7.26. The molecule has 194 valence electrons. The zero-order valence-corrected chi connectivity index (χ0v) is 22.4. The Labute approximate surface area is 220 Å². The number of amides is 1. The molecule has 2 aromatic carbocycles.